The molecule has 50 heavy (non-hydrogen) atoms. The van der Waals surface area contributed by atoms with Crippen LogP contribution in [0.5, 0.6) is 5.75 Å². The van der Waals surface area contributed by atoms with E-state index in [1.165, 1.54) is 11.2 Å². The van der Waals surface area contributed by atoms with Gasteiger partial charge >= 0.3 is 6.18 Å². The number of anilines is 2. The number of aryl methyl sites for hydroxylation is 1. The number of aromatic nitrogens is 6. The van der Waals surface area contributed by atoms with Gasteiger partial charge in [-0.1, -0.05) is 13.0 Å². The van der Waals surface area contributed by atoms with Crippen molar-refractivity contribution in [3.05, 3.63) is 62.2 Å². The molecule has 3 aliphatic rings. The Hall–Kier alpha value is -4.84. The van der Waals surface area contributed by atoms with Crippen LogP contribution < -0.4 is 15.8 Å². The monoisotopic (exact) mass is 713 g/mol. The minimum Gasteiger partial charge on any atom is -0.504 e. The molecule has 1 aliphatic carbocycles. The van der Waals surface area contributed by atoms with Crippen LogP contribution in [0.25, 0.3) is 11.4 Å². The lowest BCUT2D eigenvalue weighted by atomic mass is 10.1. The van der Waals surface area contributed by atoms with E-state index in [0.29, 0.717) is 50.4 Å². The Labute approximate surface area is 287 Å². The van der Waals surface area contributed by atoms with Gasteiger partial charge < -0.3 is 29.5 Å². The lowest BCUT2D eigenvalue weighted by Crippen LogP contribution is -2.51. The molecule has 7 rings (SSSR count). The summed E-state index contributed by atoms with van der Waals surface area (Å²) < 4.78 is 49.6. The van der Waals surface area contributed by atoms with Gasteiger partial charge in [0.2, 0.25) is 11.7 Å². The van der Waals surface area contributed by atoms with Crippen LogP contribution in [-0.2, 0) is 28.7 Å². The molecular weight excluding hydrogens is 679 g/mol. The van der Waals surface area contributed by atoms with Crippen molar-refractivity contribution in [3.63, 3.8) is 0 Å². The average Bonchev–Trinajstić information content (AvgIpc) is 3.68. The summed E-state index contributed by atoms with van der Waals surface area (Å²) in [5.41, 5.74) is 0.678. The summed E-state index contributed by atoms with van der Waals surface area (Å²) in [6, 6.07) is 0. The van der Waals surface area contributed by atoms with Gasteiger partial charge in [0.15, 0.2) is 17.3 Å². The molecule has 6 heterocycles. The molecule has 1 saturated carbocycles. The van der Waals surface area contributed by atoms with Crippen molar-refractivity contribution in [3.8, 4) is 5.75 Å². The van der Waals surface area contributed by atoms with E-state index in [9.17, 15) is 32.7 Å². The van der Waals surface area contributed by atoms with Crippen molar-refractivity contribution in [2.24, 2.45) is 0 Å². The number of halogens is 3. The largest absolute Gasteiger partial charge is 0.504 e. The van der Waals surface area contributed by atoms with Crippen LogP contribution in [0.15, 0.2) is 22.6 Å². The van der Waals surface area contributed by atoms with Crippen molar-refractivity contribution < 1.29 is 32.6 Å². The molecule has 0 radical (unpaired) electrons. The molecule has 4 aromatic rings. The zero-order valence-electron chi connectivity index (χ0n) is 27.3. The van der Waals surface area contributed by atoms with Crippen LogP contribution in [0.1, 0.15) is 70.9 Å². The van der Waals surface area contributed by atoms with Gasteiger partial charge in [-0.15, -0.1) is 16.4 Å². The van der Waals surface area contributed by atoms with E-state index in [4.69, 9.17) is 4.74 Å². The molecule has 0 spiro atoms. The first-order valence-corrected chi connectivity index (χ1v) is 17.2. The normalized spacial score (nSPS) is 16.9. The molecule has 2 amide bonds. The Morgan fingerprint density at radius 3 is 2.58 bits per heavy atom. The third-order valence-corrected chi connectivity index (χ3v) is 10.1. The number of rotatable bonds is 8. The Bertz CT molecular complexity index is 2080. The van der Waals surface area contributed by atoms with Crippen LogP contribution in [-0.4, -0.2) is 90.3 Å². The first-order valence-electron chi connectivity index (χ1n) is 16.3. The standard InChI is InChI=1S/C32H34F3N9O5S/c1-3-21-25(41-8-10-42(11-9-41)29(47)24-26(46)17(2)36-16-37-24)30(48)44-31(39-27(40-44)19-6-12-49-13-7-19)43(21)14-22(45)38-28-23(18-4-5-18)20(15-50-28)32(33,34)35/h6,15-16,18,46H,3-5,7-14H2,1-2H3,(H,38,45). The van der Waals surface area contributed by atoms with Crippen LogP contribution >= 0.6 is 11.3 Å². The number of thiophene rings is 1. The highest BCUT2D eigenvalue weighted by Crippen LogP contribution is 2.51. The summed E-state index contributed by atoms with van der Waals surface area (Å²) in [5, 5.41) is 18.9. The molecule has 2 aliphatic heterocycles. The Kier molecular flexibility index (Phi) is 8.83. The van der Waals surface area contributed by atoms with Gasteiger partial charge in [-0.3, -0.25) is 14.4 Å². The summed E-state index contributed by atoms with van der Waals surface area (Å²) >= 11 is 0.850. The maximum Gasteiger partial charge on any atom is 0.417 e. The molecule has 14 nitrogen and oxygen atoms in total. The summed E-state index contributed by atoms with van der Waals surface area (Å²) in [6.07, 6.45) is 0.590. The van der Waals surface area contributed by atoms with Crippen LogP contribution in [0.2, 0.25) is 0 Å². The highest BCUT2D eigenvalue weighted by molar-refractivity contribution is 7.14. The quantitative estimate of drug-likeness (QED) is 0.276. The van der Waals surface area contributed by atoms with Crippen molar-refractivity contribution in [2.75, 3.05) is 49.6 Å². The number of amides is 2. The highest BCUT2D eigenvalue weighted by atomic mass is 32.1. The SMILES string of the molecule is CCc1c(N2CCN(C(=O)c3ncnc(C)c3O)CC2)c(=O)n2nc(C3=CCOCC3)nc2n1CC(=O)Nc1scc(C(F)(F)F)c1C1CC1. The predicted molar refractivity (Wildman–Crippen MR) is 177 cm³/mol. The third-order valence-electron chi connectivity index (χ3n) is 9.18. The zero-order valence-corrected chi connectivity index (χ0v) is 28.1. The van der Waals surface area contributed by atoms with Gasteiger partial charge in [-0.2, -0.15) is 22.7 Å². The van der Waals surface area contributed by atoms with E-state index >= 15 is 0 Å². The average molecular weight is 714 g/mol. The van der Waals surface area contributed by atoms with Gasteiger partial charge in [0, 0.05) is 37.1 Å². The second-order valence-electron chi connectivity index (χ2n) is 12.4. The number of hydrogen-bond acceptors (Lipinski definition) is 11. The van der Waals surface area contributed by atoms with Crippen molar-refractivity contribution >= 4 is 45.2 Å². The Morgan fingerprint density at radius 1 is 1.16 bits per heavy atom. The van der Waals surface area contributed by atoms with E-state index < -0.39 is 29.1 Å². The smallest absolute Gasteiger partial charge is 0.417 e. The number of carbonyl (C=O) groups excluding carboxylic acids is 2. The van der Waals surface area contributed by atoms with Crippen molar-refractivity contribution in [1.29, 1.82) is 0 Å². The second-order valence-corrected chi connectivity index (χ2v) is 13.3. The minimum absolute atomic E-state index is 0.106. The van der Waals surface area contributed by atoms with Gasteiger partial charge in [0.05, 0.1) is 35.2 Å². The summed E-state index contributed by atoms with van der Waals surface area (Å²) in [5.74, 6) is -1.14. The molecule has 18 heteroatoms. The number of fused-ring (bicyclic) bond motifs is 1. The number of nitrogens with one attached hydrogen (secondary N) is 1. The van der Waals surface area contributed by atoms with Gasteiger partial charge in [-0.25, -0.2) is 9.97 Å². The van der Waals surface area contributed by atoms with E-state index in [0.717, 1.165) is 26.8 Å². The second kappa shape index (κ2) is 13.1. The van der Waals surface area contributed by atoms with Gasteiger partial charge in [0.25, 0.3) is 11.5 Å². The predicted octanol–water partition coefficient (Wildman–Crippen LogP) is 3.62. The molecule has 0 bridgehead atoms. The third kappa shape index (κ3) is 6.21. The van der Waals surface area contributed by atoms with Gasteiger partial charge in [0.1, 0.15) is 18.6 Å². The molecule has 0 unspecified atom stereocenters. The van der Waals surface area contributed by atoms with Crippen LogP contribution in [0.4, 0.5) is 23.9 Å². The first kappa shape index (κ1) is 33.6. The molecule has 2 N–H and O–H groups in total. The van der Waals surface area contributed by atoms with Crippen molar-refractivity contribution in [2.45, 2.75) is 58.2 Å². The molecule has 2 fully saturated rings. The number of carbonyl (C=O) groups is 2. The van der Waals surface area contributed by atoms with E-state index in [1.54, 1.807) is 11.5 Å². The molecule has 0 atom stereocenters. The first-order chi connectivity index (χ1) is 24.0. The van der Waals surface area contributed by atoms with Gasteiger partial charge in [-0.05, 0) is 44.1 Å². The number of ether oxygens (including phenoxy) is 1. The maximum absolute atomic E-state index is 14.2. The van der Waals surface area contributed by atoms with E-state index in [1.807, 2.05) is 17.9 Å². The molecule has 0 aromatic carbocycles. The highest BCUT2D eigenvalue weighted by Gasteiger charge is 2.41. The Morgan fingerprint density at radius 2 is 1.92 bits per heavy atom. The summed E-state index contributed by atoms with van der Waals surface area (Å²) in [7, 11) is 0. The van der Waals surface area contributed by atoms with Crippen molar-refractivity contribution in [1.82, 2.24) is 34.0 Å². The number of aromatic hydroxyl groups is 1. The number of alkyl halides is 3. The van der Waals surface area contributed by atoms with Crippen LogP contribution in [0.3, 0.4) is 0 Å². The molecular formula is C32H34F3N9O5S. The number of hydrogen-bond donors (Lipinski definition) is 2. The number of piperazine rings is 1. The maximum atomic E-state index is 14.2. The fourth-order valence-corrected chi connectivity index (χ4v) is 7.54. The lowest BCUT2D eigenvalue weighted by molar-refractivity contribution is -0.137. The summed E-state index contributed by atoms with van der Waals surface area (Å²) in [6.45, 7) is 4.81. The molecule has 264 valence electrons. The fourth-order valence-electron chi connectivity index (χ4n) is 6.47. The van der Waals surface area contributed by atoms with Crippen LogP contribution in [0, 0.1) is 6.92 Å². The zero-order chi connectivity index (χ0) is 35.3. The number of nitrogens with zero attached hydrogens (tertiary/aromatic N) is 8. The molecule has 4 aromatic heterocycles. The lowest BCUT2D eigenvalue weighted by Gasteiger charge is -2.36. The van der Waals surface area contributed by atoms with E-state index in [2.05, 4.69) is 25.4 Å². The topological polar surface area (TPSA) is 160 Å². The van der Waals surface area contributed by atoms with E-state index in [-0.39, 0.29) is 77.8 Å². The summed E-state index contributed by atoms with van der Waals surface area (Å²) in [4.78, 5) is 57.0. The Balaban J connectivity index is 1.23. The fraction of sp³-hybridized carbons (Fsp3) is 0.469. The molecule has 1 saturated heterocycles. The minimum atomic E-state index is -4.54.